The topological polar surface area (TPSA) is 63.2 Å². The molecule has 5 rings (SSSR count). The fourth-order valence-corrected chi connectivity index (χ4v) is 3.50. The predicted molar refractivity (Wildman–Crippen MR) is 105 cm³/mol. The monoisotopic (exact) mass is 340 g/mol. The summed E-state index contributed by atoms with van der Waals surface area (Å²) in [6.07, 6.45) is 8.56. The van der Waals surface area contributed by atoms with Gasteiger partial charge in [-0.15, -0.1) is 0 Å². The molecule has 0 spiro atoms. The standard InChI is InChI=1S/C22H20N4/c1-13-7-19-9-15-4-6-18(24-15)12-22-14(2)8-20(26-22)10-16-3-5-17(23-16)11-21(13)25-19/h3-12,23-26H,1-2H3. The Morgan fingerprint density at radius 2 is 0.885 bits per heavy atom. The summed E-state index contributed by atoms with van der Waals surface area (Å²) in [5, 5.41) is 4.32. The molecule has 4 aromatic heterocycles. The Morgan fingerprint density at radius 3 is 1.31 bits per heavy atom. The van der Waals surface area contributed by atoms with Gasteiger partial charge in [-0.05, 0) is 85.7 Å². The lowest BCUT2D eigenvalue weighted by molar-refractivity contribution is 1.22. The average Bonchev–Trinajstić information content (AvgIpc) is 3.34. The molecule has 1 aliphatic heterocycles. The third kappa shape index (κ3) is 2.65. The summed E-state index contributed by atoms with van der Waals surface area (Å²) in [6, 6.07) is 12.8. The molecule has 0 radical (unpaired) electrons. The summed E-state index contributed by atoms with van der Waals surface area (Å²) in [5.41, 5.74) is 6.87. The summed E-state index contributed by atoms with van der Waals surface area (Å²) in [5.74, 6) is 0. The van der Waals surface area contributed by atoms with E-state index in [4.69, 9.17) is 0 Å². The highest BCUT2D eigenvalue weighted by molar-refractivity contribution is 5.58. The number of rotatable bonds is 0. The molecule has 0 aliphatic carbocycles. The molecule has 1 aliphatic rings. The number of aryl methyl sites for hydroxylation is 2. The van der Waals surface area contributed by atoms with E-state index in [9.17, 15) is 0 Å². The molecular weight excluding hydrogens is 320 g/mol. The molecule has 0 fully saturated rings. The van der Waals surface area contributed by atoms with E-state index in [1.807, 2.05) is 0 Å². The van der Waals surface area contributed by atoms with Crippen molar-refractivity contribution >= 4 is 24.3 Å². The van der Waals surface area contributed by atoms with Crippen molar-refractivity contribution in [3.05, 3.63) is 91.7 Å². The Labute approximate surface area is 150 Å². The van der Waals surface area contributed by atoms with Crippen molar-refractivity contribution in [2.75, 3.05) is 0 Å². The van der Waals surface area contributed by atoms with E-state index in [1.165, 1.54) is 11.1 Å². The van der Waals surface area contributed by atoms with Crippen LogP contribution in [-0.2, 0) is 0 Å². The van der Waals surface area contributed by atoms with Gasteiger partial charge in [0.25, 0.3) is 0 Å². The second-order valence-corrected chi connectivity index (χ2v) is 6.96. The first-order valence-electron chi connectivity index (χ1n) is 8.79. The third-order valence-electron chi connectivity index (χ3n) is 4.84. The quantitative estimate of drug-likeness (QED) is 0.328. The van der Waals surface area contributed by atoms with Crippen LogP contribution >= 0.6 is 0 Å². The molecule has 128 valence electrons. The van der Waals surface area contributed by atoms with Gasteiger partial charge in [-0.2, -0.15) is 0 Å². The van der Waals surface area contributed by atoms with Crippen molar-refractivity contribution in [1.82, 2.24) is 19.9 Å². The number of nitrogens with one attached hydrogen (secondary N) is 4. The number of H-pyrrole nitrogens is 4. The summed E-state index contributed by atoms with van der Waals surface area (Å²) in [6.45, 7) is 4.25. The lowest BCUT2D eigenvalue weighted by atomic mass is 10.2. The van der Waals surface area contributed by atoms with Crippen molar-refractivity contribution < 1.29 is 0 Å². The fourth-order valence-electron chi connectivity index (χ4n) is 3.50. The Kier molecular flexibility index (Phi) is 3.19. The molecule has 0 atom stereocenters. The summed E-state index contributed by atoms with van der Waals surface area (Å²) < 4.78 is 0. The van der Waals surface area contributed by atoms with Crippen LogP contribution in [0.4, 0.5) is 0 Å². The Balaban J connectivity index is 1.82. The van der Waals surface area contributed by atoms with E-state index >= 15 is 0 Å². The molecule has 4 heteroatoms. The van der Waals surface area contributed by atoms with Crippen LogP contribution < -0.4 is 21.4 Å². The van der Waals surface area contributed by atoms with E-state index in [1.54, 1.807) is 0 Å². The maximum Gasteiger partial charge on any atom is 0.0435 e. The SMILES string of the molecule is Cc1cc2[nH]c1C=c1ccc([nH]1)=Cc1cc(C)c([nH]1)C=c1ccc([nH]1)=C2. The molecule has 0 amide bonds. The van der Waals surface area contributed by atoms with E-state index in [0.717, 1.165) is 44.2 Å². The number of aromatic amines is 4. The van der Waals surface area contributed by atoms with Crippen LogP contribution in [0.25, 0.3) is 24.3 Å². The van der Waals surface area contributed by atoms with E-state index < -0.39 is 0 Å². The van der Waals surface area contributed by atoms with Gasteiger partial charge in [0.2, 0.25) is 0 Å². The van der Waals surface area contributed by atoms with Gasteiger partial charge in [-0.1, -0.05) is 0 Å². The van der Waals surface area contributed by atoms with Gasteiger partial charge in [0, 0.05) is 44.2 Å². The highest BCUT2D eigenvalue weighted by Gasteiger charge is 2.03. The first kappa shape index (κ1) is 14.9. The number of hydrogen-bond acceptors (Lipinski definition) is 0. The molecule has 8 bridgehead atoms. The zero-order chi connectivity index (χ0) is 17.7. The molecule has 4 aromatic rings. The van der Waals surface area contributed by atoms with Gasteiger partial charge in [-0.25, -0.2) is 0 Å². The second kappa shape index (κ2) is 5.56. The zero-order valence-electron chi connectivity index (χ0n) is 14.8. The number of hydrogen-bond donors (Lipinski definition) is 4. The Morgan fingerprint density at radius 1 is 0.500 bits per heavy atom. The highest BCUT2D eigenvalue weighted by atomic mass is 14.8. The molecule has 4 N–H and O–H groups in total. The van der Waals surface area contributed by atoms with Crippen LogP contribution in [0.5, 0.6) is 0 Å². The minimum Gasteiger partial charge on any atom is -0.355 e. The number of fused-ring (bicyclic) bond motifs is 8. The van der Waals surface area contributed by atoms with Gasteiger partial charge in [-0.3, -0.25) is 0 Å². The lowest BCUT2D eigenvalue weighted by Crippen LogP contribution is -2.10. The summed E-state index contributed by atoms with van der Waals surface area (Å²) in [4.78, 5) is 13.9. The predicted octanol–water partition coefficient (Wildman–Crippen LogP) is 1.24. The number of aromatic nitrogens is 4. The average molecular weight is 340 g/mol. The normalized spacial score (nSPS) is 12.7. The lowest BCUT2D eigenvalue weighted by Gasteiger charge is -1.90. The first-order chi connectivity index (χ1) is 12.6. The second-order valence-electron chi connectivity index (χ2n) is 6.96. The van der Waals surface area contributed by atoms with Crippen LogP contribution in [0.3, 0.4) is 0 Å². The maximum atomic E-state index is 3.49. The largest absolute Gasteiger partial charge is 0.355 e. The van der Waals surface area contributed by atoms with Crippen molar-refractivity contribution in [2.24, 2.45) is 0 Å². The molecule has 26 heavy (non-hydrogen) atoms. The van der Waals surface area contributed by atoms with Crippen LogP contribution in [-0.4, -0.2) is 19.9 Å². The first-order valence-corrected chi connectivity index (χ1v) is 8.79. The molecular formula is C22H20N4. The summed E-state index contributed by atoms with van der Waals surface area (Å²) >= 11 is 0. The van der Waals surface area contributed by atoms with Crippen LogP contribution in [0.15, 0.2) is 36.4 Å². The molecule has 5 heterocycles. The third-order valence-corrected chi connectivity index (χ3v) is 4.84. The van der Waals surface area contributed by atoms with Crippen molar-refractivity contribution in [2.45, 2.75) is 13.8 Å². The van der Waals surface area contributed by atoms with Gasteiger partial charge < -0.3 is 19.9 Å². The van der Waals surface area contributed by atoms with Gasteiger partial charge >= 0.3 is 0 Å². The van der Waals surface area contributed by atoms with E-state index in [0.29, 0.717) is 0 Å². The van der Waals surface area contributed by atoms with Crippen LogP contribution in [0.1, 0.15) is 33.9 Å². The molecule has 0 aromatic carbocycles. The Hall–Kier alpha value is -3.40. The maximum absolute atomic E-state index is 3.49. The molecule has 0 saturated heterocycles. The molecule has 0 unspecified atom stereocenters. The zero-order valence-corrected chi connectivity index (χ0v) is 14.8. The van der Waals surface area contributed by atoms with Gasteiger partial charge in [0.15, 0.2) is 0 Å². The smallest absolute Gasteiger partial charge is 0.0435 e. The highest BCUT2D eigenvalue weighted by Crippen LogP contribution is 2.12. The van der Waals surface area contributed by atoms with Crippen LogP contribution in [0.2, 0.25) is 0 Å². The van der Waals surface area contributed by atoms with Crippen molar-refractivity contribution in [1.29, 1.82) is 0 Å². The van der Waals surface area contributed by atoms with E-state index in [-0.39, 0.29) is 0 Å². The van der Waals surface area contributed by atoms with Gasteiger partial charge in [0.1, 0.15) is 0 Å². The summed E-state index contributed by atoms with van der Waals surface area (Å²) in [7, 11) is 0. The Bertz CT molecular complexity index is 1250. The van der Waals surface area contributed by atoms with Crippen LogP contribution in [0, 0.1) is 13.8 Å². The molecule has 0 saturated carbocycles. The van der Waals surface area contributed by atoms with Gasteiger partial charge in [0.05, 0.1) is 0 Å². The van der Waals surface area contributed by atoms with Crippen molar-refractivity contribution in [3.8, 4) is 0 Å². The fraction of sp³-hybridized carbons (Fsp3) is 0.0909. The molecule has 4 nitrogen and oxygen atoms in total. The van der Waals surface area contributed by atoms with Crippen molar-refractivity contribution in [3.63, 3.8) is 0 Å². The minimum absolute atomic E-state index is 1.08. The minimum atomic E-state index is 1.08. The van der Waals surface area contributed by atoms with E-state index in [2.05, 4.69) is 94.5 Å².